The first-order chi connectivity index (χ1) is 9.65. The summed E-state index contributed by atoms with van der Waals surface area (Å²) in [7, 11) is 1.95. The van der Waals surface area contributed by atoms with Crippen molar-refractivity contribution in [3.8, 4) is 0 Å². The van der Waals surface area contributed by atoms with E-state index in [-0.39, 0.29) is 5.91 Å². The second kappa shape index (κ2) is 4.81. The van der Waals surface area contributed by atoms with Gasteiger partial charge in [0.15, 0.2) is 0 Å². The Balaban J connectivity index is 1.89. The Labute approximate surface area is 117 Å². The summed E-state index contributed by atoms with van der Waals surface area (Å²) in [4.78, 5) is 16.5. The maximum Gasteiger partial charge on any atom is 0.255 e. The lowest BCUT2D eigenvalue weighted by atomic mass is 10.1. The third-order valence-corrected chi connectivity index (χ3v) is 3.37. The molecule has 0 fully saturated rings. The van der Waals surface area contributed by atoms with Gasteiger partial charge in [-0.25, -0.2) is 4.98 Å². The van der Waals surface area contributed by atoms with E-state index in [0.717, 1.165) is 22.3 Å². The van der Waals surface area contributed by atoms with Gasteiger partial charge in [0.1, 0.15) is 0 Å². The van der Waals surface area contributed by atoms with E-state index in [1.807, 2.05) is 61.0 Å². The van der Waals surface area contributed by atoms with Gasteiger partial charge in [0.25, 0.3) is 5.91 Å². The predicted molar refractivity (Wildman–Crippen MR) is 79.8 cm³/mol. The molecule has 0 bridgehead atoms. The second-order valence-electron chi connectivity index (χ2n) is 4.83. The first-order valence-electron chi connectivity index (χ1n) is 6.43. The Bertz CT molecular complexity index is 789. The summed E-state index contributed by atoms with van der Waals surface area (Å²) in [5.74, 6) is -0.0987. The Hall–Kier alpha value is -2.62. The average Bonchev–Trinajstić information content (AvgIpc) is 2.80. The zero-order valence-electron chi connectivity index (χ0n) is 11.4. The van der Waals surface area contributed by atoms with E-state index in [0.29, 0.717) is 5.56 Å². The summed E-state index contributed by atoms with van der Waals surface area (Å²) in [6, 6.07) is 13.3. The fourth-order valence-corrected chi connectivity index (χ4v) is 2.24. The van der Waals surface area contributed by atoms with Crippen molar-refractivity contribution in [2.24, 2.45) is 7.05 Å². The lowest BCUT2D eigenvalue weighted by Crippen LogP contribution is -2.13. The molecule has 1 amide bonds. The van der Waals surface area contributed by atoms with Gasteiger partial charge in [-0.3, -0.25) is 4.79 Å². The van der Waals surface area contributed by atoms with Crippen molar-refractivity contribution >= 4 is 22.6 Å². The van der Waals surface area contributed by atoms with Gasteiger partial charge in [-0.05, 0) is 36.8 Å². The van der Waals surface area contributed by atoms with Crippen molar-refractivity contribution in [1.82, 2.24) is 9.55 Å². The molecule has 100 valence electrons. The van der Waals surface area contributed by atoms with Gasteiger partial charge >= 0.3 is 0 Å². The Morgan fingerprint density at radius 1 is 1.20 bits per heavy atom. The largest absolute Gasteiger partial charge is 0.334 e. The molecule has 4 nitrogen and oxygen atoms in total. The van der Waals surface area contributed by atoms with Crippen LogP contribution in [0.15, 0.2) is 48.8 Å². The van der Waals surface area contributed by atoms with Crippen LogP contribution in [0.1, 0.15) is 15.9 Å². The molecule has 4 heteroatoms. The highest BCUT2D eigenvalue weighted by Gasteiger charge is 2.09. The number of fused-ring (bicyclic) bond motifs is 1. The molecule has 3 aromatic rings. The van der Waals surface area contributed by atoms with Crippen LogP contribution in [0.3, 0.4) is 0 Å². The molecule has 0 unspecified atom stereocenters. The van der Waals surface area contributed by atoms with Gasteiger partial charge in [0, 0.05) is 18.3 Å². The van der Waals surface area contributed by atoms with E-state index in [1.165, 1.54) is 0 Å². The Morgan fingerprint density at radius 3 is 2.80 bits per heavy atom. The first kappa shape index (κ1) is 12.4. The van der Waals surface area contributed by atoms with Crippen LogP contribution in [0.25, 0.3) is 11.0 Å². The molecule has 1 N–H and O–H groups in total. The van der Waals surface area contributed by atoms with Crippen LogP contribution in [0.4, 0.5) is 5.69 Å². The number of amides is 1. The Kier molecular flexibility index (Phi) is 2.99. The maximum atomic E-state index is 12.2. The quantitative estimate of drug-likeness (QED) is 0.773. The van der Waals surface area contributed by atoms with E-state index in [2.05, 4.69) is 10.3 Å². The number of rotatable bonds is 2. The van der Waals surface area contributed by atoms with Crippen LogP contribution in [-0.4, -0.2) is 15.5 Å². The van der Waals surface area contributed by atoms with Gasteiger partial charge < -0.3 is 9.88 Å². The topological polar surface area (TPSA) is 46.9 Å². The van der Waals surface area contributed by atoms with E-state index in [1.54, 1.807) is 6.33 Å². The normalized spacial score (nSPS) is 10.7. The summed E-state index contributed by atoms with van der Waals surface area (Å²) in [6.45, 7) is 1.93. The van der Waals surface area contributed by atoms with Gasteiger partial charge in [-0.2, -0.15) is 0 Å². The van der Waals surface area contributed by atoms with Crippen LogP contribution >= 0.6 is 0 Å². The molecule has 1 aromatic heterocycles. The number of imidazole rings is 1. The molecule has 0 spiro atoms. The second-order valence-corrected chi connectivity index (χ2v) is 4.83. The van der Waals surface area contributed by atoms with E-state index in [4.69, 9.17) is 0 Å². The fraction of sp³-hybridized carbons (Fsp3) is 0.125. The molecule has 0 aliphatic carbocycles. The van der Waals surface area contributed by atoms with Crippen molar-refractivity contribution in [1.29, 1.82) is 0 Å². The van der Waals surface area contributed by atoms with Gasteiger partial charge in [-0.15, -0.1) is 0 Å². The van der Waals surface area contributed by atoms with Crippen LogP contribution in [0.5, 0.6) is 0 Å². The predicted octanol–water partition coefficient (Wildman–Crippen LogP) is 3.13. The SMILES string of the molecule is Cc1ccccc1C(=O)Nc1ccc2c(c1)ncn2C. The highest BCUT2D eigenvalue weighted by Crippen LogP contribution is 2.18. The number of hydrogen-bond donors (Lipinski definition) is 1. The van der Waals surface area contributed by atoms with Crippen molar-refractivity contribution in [3.05, 3.63) is 59.9 Å². The minimum Gasteiger partial charge on any atom is -0.334 e. The third-order valence-electron chi connectivity index (χ3n) is 3.37. The molecule has 3 rings (SSSR count). The van der Waals surface area contributed by atoms with Gasteiger partial charge in [0.05, 0.1) is 17.4 Å². The van der Waals surface area contributed by atoms with Crippen molar-refractivity contribution in [3.63, 3.8) is 0 Å². The van der Waals surface area contributed by atoms with Crippen molar-refractivity contribution < 1.29 is 4.79 Å². The minimum absolute atomic E-state index is 0.0987. The molecule has 0 aliphatic heterocycles. The molecule has 0 aliphatic rings. The fourth-order valence-electron chi connectivity index (χ4n) is 2.24. The molecule has 0 saturated heterocycles. The highest BCUT2D eigenvalue weighted by atomic mass is 16.1. The maximum absolute atomic E-state index is 12.2. The Morgan fingerprint density at radius 2 is 2.00 bits per heavy atom. The third kappa shape index (κ3) is 2.16. The zero-order chi connectivity index (χ0) is 14.1. The van der Waals surface area contributed by atoms with Crippen LogP contribution in [0.2, 0.25) is 0 Å². The number of anilines is 1. The molecule has 0 atom stereocenters. The number of aryl methyl sites for hydroxylation is 2. The van der Waals surface area contributed by atoms with Gasteiger partial charge in [0.2, 0.25) is 0 Å². The number of carbonyl (C=O) groups excluding carboxylic acids is 1. The van der Waals surface area contributed by atoms with E-state index >= 15 is 0 Å². The summed E-state index contributed by atoms with van der Waals surface area (Å²) < 4.78 is 1.95. The van der Waals surface area contributed by atoms with Crippen LogP contribution < -0.4 is 5.32 Å². The molecule has 20 heavy (non-hydrogen) atoms. The number of hydrogen-bond acceptors (Lipinski definition) is 2. The van der Waals surface area contributed by atoms with Crippen molar-refractivity contribution in [2.45, 2.75) is 6.92 Å². The monoisotopic (exact) mass is 265 g/mol. The average molecular weight is 265 g/mol. The van der Waals surface area contributed by atoms with Crippen molar-refractivity contribution in [2.75, 3.05) is 5.32 Å². The molecule has 0 radical (unpaired) electrons. The summed E-state index contributed by atoms with van der Waals surface area (Å²) in [5.41, 5.74) is 4.32. The van der Waals surface area contributed by atoms with E-state index < -0.39 is 0 Å². The standard InChI is InChI=1S/C16H15N3O/c1-11-5-3-4-6-13(11)16(20)18-12-7-8-15-14(9-12)17-10-19(15)2/h3-10H,1-2H3,(H,18,20). The van der Waals surface area contributed by atoms with Gasteiger partial charge in [-0.1, -0.05) is 18.2 Å². The smallest absolute Gasteiger partial charge is 0.255 e. The number of carbonyl (C=O) groups is 1. The summed E-state index contributed by atoms with van der Waals surface area (Å²) in [6.07, 6.45) is 1.76. The highest BCUT2D eigenvalue weighted by molar-refractivity contribution is 6.05. The number of aromatic nitrogens is 2. The summed E-state index contributed by atoms with van der Waals surface area (Å²) >= 11 is 0. The molecule has 2 aromatic carbocycles. The minimum atomic E-state index is -0.0987. The molecule has 0 saturated carbocycles. The number of nitrogens with one attached hydrogen (secondary N) is 1. The number of nitrogens with zero attached hydrogens (tertiary/aromatic N) is 2. The molecule has 1 heterocycles. The molecular formula is C16H15N3O. The number of benzene rings is 2. The lowest BCUT2D eigenvalue weighted by molar-refractivity contribution is 0.102. The van der Waals surface area contributed by atoms with Crippen LogP contribution in [0, 0.1) is 6.92 Å². The summed E-state index contributed by atoms with van der Waals surface area (Å²) in [5, 5.41) is 2.91. The van der Waals surface area contributed by atoms with Crippen LogP contribution in [-0.2, 0) is 7.05 Å². The first-order valence-corrected chi connectivity index (χ1v) is 6.43. The van der Waals surface area contributed by atoms with E-state index in [9.17, 15) is 4.79 Å². The zero-order valence-corrected chi connectivity index (χ0v) is 11.4. The lowest BCUT2D eigenvalue weighted by Gasteiger charge is -2.07. The molecular weight excluding hydrogens is 250 g/mol.